The van der Waals surface area contributed by atoms with Crippen molar-refractivity contribution in [2.45, 2.75) is 6.42 Å². The smallest absolute Gasteiger partial charge is 0.287 e. The number of hydrogen-bond acceptors (Lipinski definition) is 4. The van der Waals surface area contributed by atoms with E-state index in [1.807, 2.05) is 19.0 Å². The summed E-state index contributed by atoms with van der Waals surface area (Å²) in [6.45, 7) is 0.997. The normalized spacial score (nSPS) is 9.90. The Morgan fingerprint density at radius 3 is 2.24 bits per heavy atom. The lowest BCUT2D eigenvalue weighted by Gasteiger charge is -2.09. The van der Waals surface area contributed by atoms with E-state index >= 15 is 0 Å². The predicted octanol–water partition coefficient (Wildman–Crippen LogP) is 1.58. The molecule has 7 heteroatoms. The number of rotatable bonds is 7. The summed E-state index contributed by atoms with van der Waals surface area (Å²) < 4.78 is 0. The van der Waals surface area contributed by atoms with Crippen LogP contribution < -0.4 is 5.32 Å². The second-order valence-corrected chi connectivity index (χ2v) is 5.03. The van der Waals surface area contributed by atoms with Gasteiger partial charge in [-0.25, -0.2) is 0 Å². The number of carbonyl (C=O) groups is 3. The Hall–Kier alpha value is -1.43. The highest BCUT2D eigenvalue weighted by Gasteiger charge is 2.18. The molecule has 0 atom stereocenters. The standard InChI is InChI=1S/C14H17ClN2O3.ClH/c1-17(2)8-7-16-14(20)13(19)9-12(18)10-3-5-11(15)6-4-10;/h3-6H,7-9H2,1-2H3,(H,16,20);1H. The molecular weight excluding hydrogens is 315 g/mol. The summed E-state index contributed by atoms with van der Waals surface area (Å²) >= 11 is 5.71. The molecular formula is C14H18Cl2N2O3. The van der Waals surface area contributed by atoms with Crippen LogP contribution in [0.25, 0.3) is 0 Å². The highest BCUT2D eigenvalue weighted by molar-refractivity contribution is 6.40. The lowest BCUT2D eigenvalue weighted by Crippen LogP contribution is -2.36. The van der Waals surface area contributed by atoms with Crippen molar-refractivity contribution in [2.24, 2.45) is 0 Å². The maximum atomic E-state index is 11.8. The summed E-state index contributed by atoms with van der Waals surface area (Å²) in [7, 11) is 3.72. The monoisotopic (exact) mass is 332 g/mol. The van der Waals surface area contributed by atoms with Crippen molar-refractivity contribution < 1.29 is 14.4 Å². The molecule has 1 aromatic rings. The number of Topliss-reactive ketones (excluding diaryl/α,β-unsaturated/α-hetero) is 2. The minimum absolute atomic E-state index is 0. The maximum Gasteiger partial charge on any atom is 0.287 e. The second kappa shape index (κ2) is 9.50. The second-order valence-electron chi connectivity index (χ2n) is 4.59. The first-order valence-corrected chi connectivity index (χ1v) is 6.52. The number of hydrogen-bond donors (Lipinski definition) is 1. The summed E-state index contributed by atoms with van der Waals surface area (Å²) in [5.74, 6) is -1.85. The molecule has 21 heavy (non-hydrogen) atoms. The fraction of sp³-hybridized carbons (Fsp3) is 0.357. The van der Waals surface area contributed by atoms with Crippen LogP contribution >= 0.6 is 24.0 Å². The highest BCUT2D eigenvalue weighted by atomic mass is 35.5. The van der Waals surface area contributed by atoms with Gasteiger partial charge >= 0.3 is 0 Å². The minimum Gasteiger partial charge on any atom is -0.348 e. The van der Waals surface area contributed by atoms with Gasteiger partial charge < -0.3 is 10.2 Å². The van der Waals surface area contributed by atoms with E-state index in [1.54, 1.807) is 12.1 Å². The van der Waals surface area contributed by atoms with Gasteiger partial charge in [0.15, 0.2) is 5.78 Å². The molecule has 0 saturated carbocycles. The molecule has 1 amide bonds. The number of halogens is 2. The van der Waals surface area contributed by atoms with E-state index in [9.17, 15) is 14.4 Å². The molecule has 0 fully saturated rings. The molecule has 0 spiro atoms. The first-order valence-electron chi connectivity index (χ1n) is 6.14. The Morgan fingerprint density at radius 1 is 1.14 bits per heavy atom. The SMILES string of the molecule is CN(C)CCNC(=O)C(=O)CC(=O)c1ccc(Cl)cc1.Cl. The van der Waals surface area contributed by atoms with Crippen LogP contribution in [0.2, 0.25) is 5.02 Å². The molecule has 1 rings (SSSR count). The number of benzene rings is 1. The van der Waals surface area contributed by atoms with Crippen LogP contribution in [-0.2, 0) is 9.59 Å². The lowest BCUT2D eigenvalue weighted by atomic mass is 10.1. The van der Waals surface area contributed by atoms with Crippen molar-refractivity contribution in [3.8, 4) is 0 Å². The van der Waals surface area contributed by atoms with Gasteiger partial charge in [-0.3, -0.25) is 14.4 Å². The van der Waals surface area contributed by atoms with Gasteiger partial charge in [0.05, 0.1) is 6.42 Å². The van der Waals surface area contributed by atoms with E-state index in [1.165, 1.54) is 12.1 Å². The Morgan fingerprint density at radius 2 is 1.71 bits per heavy atom. The molecule has 0 heterocycles. The average Bonchev–Trinajstić information content (AvgIpc) is 2.38. The molecule has 0 aliphatic heterocycles. The quantitative estimate of drug-likeness (QED) is 0.467. The molecule has 0 bridgehead atoms. The highest BCUT2D eigenvalue weighted by Crippen LogP contribution is 2.11. The first kappa shape index (κ1) is 19.6. The summed E-state index contributed by atoms with van der Waals surface area (Å²) in [4.78, 5) is 36.8. The molecule has 0 radical (unpaired) electrons. The third kappa shape index (κ3) is 7.22. The Kier molecular flexibility index (Phi) is 8.85. The first-order chi connectivity index (χ1) is 9.40. The van der Waals surface area contributed by atoms with Gasteiger partial charge in [0, 0.05) is 23.7 Å². The molecule has 5 nitrogen and oxygen atoms in total. The van der Waals surface area contributed by atoms with Crippen LogP contribution in [0.3, 0.4) is 0 Å². The van der Waals surface area contributed by atoms with Crippen molar-refractivity contribution >= 4 is 41.5 Å². The van der Waals surface area contributed by atoms with Crippen LogP contribution in [-0.4, -0.2) is 49.6 Å². The largest absolute Gasteiger partial charge is 0.348 e. The van der Waals surface area contributed by atoms with Crippen molar-refractivity contribution in [1.82, 2.24) is 10.2 Å². The van der Waals surface area contributed by atoms with Crippen LogP contribution in [0, 0.1) is 0 Å². The Labute approximate surface area is 135 Å². The van der Waals surface area contributed by atoms with Crippen molar-refractivity contribution in [2.75, 3.05) is 27.2 Å². The van der Waals surface area contributed by atoms with E-state index in [0.29, 0.717) is 23.7 Å². The zero-order valence-corrected chi connectivity index (χ0v) is 13.5. The summed E-state index contributed by atoms with van der Waals surface area (Å²) in [5, 5.41) is 2.98. The van der Waals surface area contributed by atoms with Gasteiger partial charge in [-0.1, -0.05) is 11.6 Å². The summed E-state index contributed by atoms with van der Waals surface area (Å²) in [5.41, 5.74) is 0.365. The van der Waals surface area contributed by atoms with Gasteiger partial charge in [-0.05, 0) is 38.4 Å². The minimum atomic E-state index is -0.733. The number of carbonyl (C=O) groups excluding carboxylic acids is 3. The van der Waals surface area contributed by atoms with Crippen molar-refractivity contribution in [1.29, 1.82) is 0 Å². The molecule has 0 saturated heterocycles. The van der Waals surface area contributed by atoms with Gasteiger partial charge in [-0.15, -0.1) is 12.4 Å². The maximum absolute atomic E-state index is 11.8. The third-order valence-electron chi connectivity index (χ3n) is 2.59. The number of ketones is 2. The molecule has 0 aliphatic carbocycles. The summed E-state index contributed by atoms with van der Waals surface area (Å²) in [6.07, 6.45) is -0.435. The molecule has 1 aromatic carbocycles. The van der Waals surface area contributed by atoms with Crippen molar-refractivity contribution in [3.63, 3.8) is 0 Å². The molecule has 0 unspecified atom stereocenters. The topological polar surface area (TPSA) is 66.5 Å². The van der Waals surface area contributed by atoms with E-state index in [0.717, 1.165) is 0 Å². The van der Waals surface area contributed by atoms with E-state index in [2.05, 4.69) is 5.32 Å². The molecule has 0 aliphatic rings. The van der Waals surface area contributed by atoms with Gasteiger partial charge in [-0.2, -0.15) is 0 Å². The zero-order chi connectivity index (χ0) is 15.1. The zero-order valence-electron chi connectivity index (χ0n) is 11.9. The number of nitrogens with zero attached hydrogens (tertiary/aromatic N) is 1. The molecule has 0 aromatic heterocycles. The van der Waals surface area contributed by atoms with Gasteiger partial charge in [0.1, 0.15) is 0 Å². The number of amides is 1. The lowest BCUT2D eigenvalue weighted by molar-refractivity contribution is -0.137. The van der Waals surface area contributed by atoms with E-state index < -0.39 is 23.9 Å². The van der Waals surface area contributed by atoms with E-state index in [4.69, 9.17) is 11.6 Å². The average molecular weight is 333 g/mol. The van der Waals surface area contributed by atoms with Crippen LogP contribution in [0.1, 0.15) is 16.8 Å². The number of nitrogens with one attached hydrogen (secondary N) is 1. The van der Waals surface area contributed by atoms with Crippen LogP contribution in [0.15, 0.2) is 24.3 Å². The van der Waals surface area contributed by atoms with Crippen molar-refractivity contribution in [3.05, 3.63) is 34.9 Å². The molecule has 1 N–H and O–H groups in total. The van der Waals surface area contributed by atoms with Crippen LogP contribution in [0.5, 0.6) is 0 Å². The molecule has 116 valence electrons. The van der Waals surface area contributed by atoms with E-state index in [-0.39, 0.29) is 12.4 Å². The van der Waals surface area contributed by atoms with Gasteiger partial charge in [0.25, 0.3) is 5.91 Å². The number of likely N-dealkylation sites (N-methyl/N-ethyl adjacent to an activating group) is 1. The Bertz CT molecular complexity index is 501. The predicted molar refractivity (Wildman–Crippen MR) is 84.2 cm³/mol. The van der Waals surface area contributed by atoms with Crippen LogP contribution in [0.4, 0.5) is 0 Å². The Balaban J connectivity index is 0.00000400. The summed E-state index contributed by atoms with van der Waals surface area (Å²) in [6, 6.07) is 6.19. The fourth-order valence-electron chi connectivity index (χ4n) is 1.46. The fourth-order valence-corrected chi connectivity index (χ4v) is 1.58. The third-order valence-corrected chi connectivity index (χ3v) is 2.84. The van der Waals surface area contributed by atoms with Gasteiger partial charge in [0.2, 0.25) is 5.78 Å².